The number of H-pyrrole nitrogens is 1. The monoisotopic (exact) mass is 574 g/mol. The number of imide groups is 1. The van der Waals surface area contributed by atoms with E-state index in [4.69, 9.17) is 9.47 Å². The first-order valence-electron chi connectivity index (χ1n) is 10.8. The predicted molar refractivity (Wildman–Crippen MR) is 135 cm³/mol. The van der Waals surface area contributed by atoms with Crippen molar-refractivity contribution in [2.45, 2.75) is 23.1 Å². The smallest absolute Gasteiger partial charge is 0.344 e. The highest BCUT2D eigenvalue weighted by atomic mass is 79.9. The summed E-state index contributed by atoms with van der Waals surface area (Å²) >= 11 is 5.67. The van der Waals surface area contributed by atoms with Gasteiger partial charge in [0, 0.05) is 15.3 Å². The number of nitrogens with zero attached hydrogens (tertiary/aromatic N) is 1. The van der Waals surface area contributed by atoms with Crippen molar-refractivity contribution in [1.29, 1.82) is 0 Å². The lowest BCUT2D eigenvalue weighted by molar-refractivity contribution is -0.145. The van der Waals surface area contributed by atoms with Gasteiger partial charge >= 0.3 is 10.8 Å². The summed E-state index contributed by atoms with van der Waals surface area (Å²) in [5.74, 6) is -1.74. The molecule has 0 saturated carbocycles. The number of ether oxygens (including phenoxy) is 2. The van der Waals surface area contributed by atoms with Gasteiger partial charge in [-0.05, 0) is 48.9 Å². The van der Waals surface area contributed by atoms with Gasteiger partial charge in [-0.3, -0.25) is 14.4 Å². The van der Waals surface area contributed by atoms with E-state index in [9.17, 15) is 19.2 Å². The second-order valence-electron chi connectivity index (χ2n) is 7.90. The summed E-state index contributed by atoms with van der Waals surface area (Å²) < 4.78 is 11.2. The second kappa shape index (κ2) is 9.63. The molecule has 1 aromatic heterocycles. The van der Waals surface area contributed by atoms with E-state index in [0.717, 1.165) is 26.3 Å². The summed E-state index contributed by atoms with van der Waals surface area (Å²) in [4.78, 5) is 55.4. The number of carbonyl (C=O) groups excluding carboxylic acids is 3. The number of carbonyl (C=O) groups is 3. The highest BCUT2D eigenvalue weighted by Gasteiger charge is 2.56. The lowest BCUT2D eigenvalue weighted by Gasteiger charge is -2.29. The molecule has 1 fully saturated rings. The number of benzene rings is 2. The highest BCUT2D eigenvalue weighted by Crippen LogP contribution is 2.53. The number of amides is 2. The number of fused-ring (bicyclic) bond motifs is 2. The number of anilines is 1. The standard InChI is InChI=1S/C24H19BrN2O6S2/c1-2-32-16(28)11-33-15-9-3-12(4-10-15)17-18-20(34-21-19(17)35-24(31)26-21)23(30)27(22(18)29)14-7-5-13(25)6-8-14/h3-10,17-18,20H,2,11H2,1H3,(H,26,31)/t17-,18?,20?/m1/s1. The Bertz CT molecular complexity index is 1350. The summed E-state index contributed by atoms with van der Waals surface area (Å²) in [6, 6.07) is 14.0. The number of hydrogen-bond acceptors (Lipinski definition) is 8. The number of nitrogens with one attached hydrogen (secondary N) is 1. The fourth-order valence-corrected chi connectivity index (χ4v) is 7.12. The summed E-state index contributed by atoms with van der Waals surface area (Å²) in [5.41, 5.74) is 1.29. The Balaban J connectivity index is 1.49. The molecule has 2 aliphatic heterocycles. The Morgan fingerprint density at radius 3 is 2.46 bits per heavy atom. The van der Waals surface area contributed by atoms with E-state index in [1.54, 1.807) is 55.5 Å². The Hall–Kier alpha value is -2.89. The van der Waals surface area contributed by atoms with E-state index >= 15 is 0 Å². The molecule has 1 saturated heterocycles. The second-order valence-corrected chi connectivity index (χ2v) is 11.0. The summed E-state index contributed by atoms with van der Waals surface area (Å²) in [6.45, 7) is 1.78. The number of thiazole rings is 1. The van der Waals surface area contributed by atoms with Crippen molar-refractivity contribution in [1.82, 2.24) is 4.98 Å². The topological polar surface area (TPSA) is 106 Å². The fourth-order valence-electron chi connectivity index (χ4n) is 4.34. The van der Waals surface area contributed by atoms with Crippen LogP contribution < -0.4 is 14.5 Å². The molecule has 0 bridgehead atoms. The average molecular weight is 575 g/mol. The molecule has 2 unspecified atom stereocenters. The van der Waals surface area contributed by atoms with E-state index in [0.29, 0.717) is 16.5 Å². The summed E-state index contributed by atoms with van der Waals surface area (Å²) in [6.07, 6.45) is 0. The number of aromatic nitrogens is 1. The first-order valence-corrected chi connectivity index (χ1v) is 13.3. The predicted octanol–water partition coefficient (Wildman–Crippen LogP) is 3.94. The maximum absolute atomic E-state index is 13.7. The first kappa shape index (κ1) is 23.8. The molecule has 11 heteroatoms. The number of aromatic amines is 1. The zero-order chi connectivity index (χ0) is 24.7. The Kier molecular flexibility index (Phi) is 6.56. The highest BCUT2D eigenvalue weighted by molar-refractivity contribution is 9.10. The number of halogens is 1. The van der Waals surface area contributed by atoms with Gasteiger partial charge in [-0.2, -0.15) is 0 Å². The maximum Gasteiger partial charge on any atom is 0.344 e. The molecule has 8 nitrogen and oxygen atoms in total. The van der Waals surface area contributed by atoms with Crippen molar-refractivity contribution in [2.24, 2.45) is 5.92 Å². The van der Waals surface area contributed by atoms with Crippen LogP contribution in [0.3, 0.4) is 0 Å². The number of thioether (sulfide) groups is 1. The number of esters is 1. The van der Waals surface area contributed by atoms with Crippen molar-refractivity contribution < 1.29 is 23.9 Å². The first-order chi connectivity index (χ1) is 16.9. The van der Waals surface area contributed by atoms with Crippen LogP contribution in [0.15, 0.2) is 62.8 Å². The minimum Gasteiger partial charge on any atom is -0.482 e. The van der Waals surface area contributed by atoms with Crippen LogP contribution in [0.5, 0.6) is 5.75 Å². The number of hydrogen-bond donors (Lipinski definition) is 1. The van der Waals surface area contributed by atoms with Crippen LogP contribution in [-0.2, 0) is 19.1 Å². The Morgan fingerprint density at radius 1 is 1.06 bits per heavy atom. The van der Waals surface area contributed by atoms with Crippen LogP contribution in [0.2, 0.25) is 0 Å². The summed E-state index contributed by atoms with van der Waals surface area (Å²) in [7, 11) is 0. The zero-order valence-electron chi connectivity index (χ0n) is 18.4. The van der Waals surface area contributed by atoms with Gasteiger partial charge in [0.1, 0.15) is 11.0 Å². The fraction of sp³-hybridized carbons (Fsp3) is 0.250. The molecule has 35 heavy (non-hydrogen) atoms. The molecule has 0 radical (unpaired) electrons. The quantitative estimate of drug-likeness (QED) is 0.351. The van der Waals surface area contributed by atoms with Gasteiger partial charge < -0.3 is 14.5 Å². The minimum absolute atomic E-state index is 0.212. The lowest BCUT2D eigenvalue weighted by Crippen LogP contribution is -2.32. The molecule has 3 aromatic rings. The molecule has 1 N–H and O–H groups in total. The lowest BCUT2D eigenvalue weighted by atomic mass is 9.83. The third-order valence-corrected chi connectivity index (χ3v) is 8.74. The molecule has 0 spiro atoms. The van der Waals surface area contributed by atoms with Crippen LogP contribution in [-0.4, -0.2) is 41.2 Å². The third kappa shape index (κ3) is 4.43. The Labute approximate surface area is 216 Å². The molecule has 5 rings (SSSR count). The number of rotatable bonds is 6. The molecular weight excluding hydrogens is 556 g/mol. The molecule has 3 atom stereocenters. The van der Waals surface area contributed by atoms with Gasteiger partial charge in [0.25, 0.3) is 0 Å². The molecule has 2 aromatic carbocycles. The molecule has 0 aliphatic carbocycles. The van der Waals surface area contributed by atoms with E-state index in [-0.39, 0.29) is 29.9 Å². The van der Waals surface area contributed by atoms with E-state index < -0.39 is 23.1 Å². The Morgan fingerprint density at radius 2 is 1.77 bits per heavy atom. The van der Waals surface area contributed by atoms with E-state index in [1.165, 1.54) is 16.7 Å². The zero-order valence-corrected chi connectivity index (χ0v) is 21.6. The van der Waals surface area contributed by atoms with Gasteiger partial charge in [-0.15, -0.1) is 0 Å². The van der Waals surface area contributed by atoms with Crippen molar-refractivity contribution in [3.05, 3.63) is 73.1 Å². The largest absolute Gasteiger partial charge is 0.482 e. The van der Waals surface area contributed by atoms with Crippen LogP contribution in [0.25, 0.3) is 0 Å². The van der Waals surface area contributed by atoms with Crippen molar-refractivity contribution in [3.63, 3.8) is 0 Å². The van der Waals surface area contributed by atoms with E-state index in [1.807, 2.05) is 0 Å². The van der Waals surface area contributed by atoms with Gasteiger partial charge in [0.2, 0.25) is 11.8 Å². The van der Waals surface area contributed by atoms with Gasteiger partial charge in [-0.1, -0.05) is 51.2 Å². The SMILES string of the molecule is CCOC(=O)COc1ccc([C@H]2c3sc(=O)[nH]c3SC3C(=O)N(c4ccc(Br)cc4)C(=O)C32)cc1. The maximum atomic E-state index is 13.7. The van der Waals surface area contributed by atoms with Crippen molar-refractivity contribution in [3.8, 4) is 5.75 Å². The molecule has 2 amide bonds. The molecule has 2 aliphatic rings. The van der Waals surface area contributed by atoms with Crippen LogP contribution in [0.1, 0.15) is 23.3 Å². The third-order valence-electron chi connectivity index (χ3n) is 5.81. The summed E-state index contributed by atoms with van der Waals surface area (Å²) in [5, 5.41) is -0.0404. The molecule has 3 heterocycles. The minimum atomic E-state index is -0.665. The van der Waals surface area contributed by atoms with E-state index in [2.05, 4.69) is 20.9 Å². The molecule has 180 valence electrons. The average Bonchev–Trinajstić information content (AvgIpc) is 3.33. The van der Waals surface area contributed by atoms with Crippen LogP contribution in [0.4, 0.5) is 5.69 Å². The van der Waals surface area contributed by atoms with Gasteiger partial charge in [0.15, 0.2) is 6.61 Å². The normalized spacial score (nSPS) is 21.0. The van der Waals surface area contributed by atoms with Crippen molar-refractivity contribution in [2.75, 3.05) is 18.1 Å². The van der Waals surface area contributed by atoms with Gasteiger partial charge in [-0.25, -0.2) is 9.69 Å². The molecular formula is C24H19BrN2O6S2. The van der Waals surface area contributed by atoms with Gasteiger partial charge in [0.05, 0.1) is 23.2 Å². The van der Waals surface area contributed by atoms with Crippen LogP contribution in [0, 0.1) is 5.92 Å². The van der Waals surface area contributed by atoms with Crippen molar-refractivity contribution >= 4 is 62.5 Å². The van der Waals surface area contributed by atoms with Crippen LogP contribution >= 0.6 is 39.0 Å².